The molecule has 1 aliphatic heterocycles. The zero-order valence-corrected chi connectivity index (χ0v) is 12.3. The number of sulfonamides is 1. The third kappa shape index (κ3) is 3.26. The lowest BCUT2D eigenvalue weighted by atomic mass is 10.1. The topological polar surface area (TPSA) is 97.5 Å². The normalized spacial score (nSPS) is 20.8. The second-order valence-corrected chi connectivity index (χ2v) is 6.54. The summed E-state index contributed by atoms with van der Waals surface area (Å²) in [7, 11) is -3.53. The maximum atomic E-state index is 12.6. The molecule has 7 nitrogen and oxygen atoms in total. The largest absolute Gasteiger partial charge is 0.377 e. The zero-order valence-electron chi connectivity index (χ0n) is 11.4. The number of hydrogen-bond acceptors (Lipinski definition) is 6. The zero-order chi connectivity index (χ0) is 14.6. The summed E-state index contributed by atoms with van der Waals surface area (Å²) in [6.07, 6.45) is 3.09. The molecule has 1 unspecified atom stereocenters. The van der Waals surface area contributed by atoms with E-state index in [1.807, 2.05) is 6.92 Å². The molecule has 20 heavy (non-hydrogen) atoms. The number of piperidine rings is 1. The van der Waals surface area contributed by atoms with Gasteiger partial charge in [0, 0.05) is 32.0 Å². The van der Waals surface area contributed by atoms with Crippen LogP contribution in [0.5, 0.6) is 0 Å². The Morgan fingerprint density at radius 2 is 2.40 bits per heavy atom. The van der Waals surface area contributed by atoms with Crippen LogP contribution in [0.3, 0.4) is 0 Å². The van der Waals surface area contributed by atoms with E-state index in [1.165, 1.54) is 22.6 Å². The number of nitrogens with one attached hydrogen (secondary N) is 1. The molecule has 2 heterocycles. The Morgan fingerprint density at radius 3 is 3.10 bits per heavy atom. The van der Waals surface area contributed by atoms with Crippen molar-refractivity contribution in [3.05, 3.63) is 18.3 Å². The van der Waals surface area contributed by atoms with Crippen molar-refractivity contribution in [3.8, 4) is 0 Å². The van der Waals surface area contributed by atoms with Crippen molar-refractivity contribution in [2.24, 2.45) is 5.84 Å². The minimum atomic E-state index is -3.53. The summed E-state index contributed by atoms with van der Waals surface area (Å²) in [4.78, 5) is 4.11. The van der Waals surface area contributed by atoms with Crippen LogP contribution < -0.4 is 11.3 Å². The number of rotatable bonds is 5. The van der Waals surface area contributed by atoms with Crippen molar-refractivity contribution >= 4 is 15.8 Å². The lowest BCUT2D eigenvalue weighted by Gasteiger charge is -2.31. The summed E-state index contributed by atoms with van der Waals surface area (Å²) in [5, 5.41) is 0. The fourth-order valence-electron chi connectivity index (χ4n) is 2.29. The molecule has 0 spiro atoms. The highest BCUT2D eigenvalue weighted by Crippen LogP contribution is 2.22. The Balaban J connectivity index is 2.20. The molecule has 1 atom stereocenters. The molecule has 1 fully saturated rings. The van der Waals surface area contributed by atoms with Crippen LogP contribution in [0.1, 0.15) is 19.8 Å². The smallest absolute Gasteiger partial charge is 0.243 e. The molecule has 0 saturated carbocycles. The standard InChI is InChI=1S/C12H20N4O3S/c1-2-19-10-4-3-7-16(9-10)20(17,18)11-5-6-14-12(8-11)15-13/h5-6,8,10H,2-4,7,9,13H2,1H3,(H,14,15). The minimum absolute atomic E-state index is 0.0301. The van der Waals surface area contributed by atoms with E-state index in [0.29, 0.717) is 25.5 Å². The number of nitrogens with zero attached hydrogens (tertiary/aromatic N) is 2. The highest BCUT2D eigenvalue weighted by Gasteiger charge is 2.30. The maximum Gasteiger partial charge on any atom is 0.243 e. The van der Waals surface area contributed by atoms with Gasteiger partial charge in [0.2, 0.25) is 10.0 Å². The Bertz CT molecular complexity index is 547. The number of nitrogen functional groups attached to an aromatic ring is 1. The van der Waals surface area contributed by atoms with Gasteiger partial charge in [0.1, 0.15) is 5.82 Å². The second-order valence-electron chi connectivity index (χ2n) is 4.60. The van der Waals surface area contributed by atoms with E-state index in [4.69, 9.17) is 10.6 Å². The SMILES string of the molecule is CCOC1CCCN(S(=O)(=O)c2ccnc(NN)c2)C1. The first-order valence-electron chi connectivity index (χ1n) is 6.62. The molecule has 0 aliphatic carbocycles. The van der Waals surface area contributed by atoms with Gasteiger partial charge < -0.3 is 10.2 Å². The van der Waals surface area contributed by atoms with Gasteiger partial charge in [-0.15, -0.1) is 0 Å². The van der Waals surface area contributed by atoms with Crippen molar-refractivity contribution in [2.75, 3.05) is 25.1 Å². The van der Waals surface area contributed by atoms with E-state index < -0.39 is 10.0 Å². The van der Waals surface area contributed by atoms with Gasteiger partial charge in [-0.25, -0.2) is 19.2 Å². The van der Waals surface area contributed by atoms with Crippen LogP contribution in [0.25, 0.3) is 0 Å². The summed E-state index contributed by atoms with van der Waals surface area (Å²) in [5.41, 5.74) is 2.35. The van der Waals surface area contributed by atoms with Gasteiger partial charge >= 0.3 is 0 Å². The van der Waals surface area contributed by atoms with Crippen molar-refractivity contribution in [1.82, 2.24) is 9.29 Å². The predicted octanol–water partition coefficient (Wildman–Crippen LogP) is 0.557. The van der Waals surface area contributed by atoms with E-state index >= 15 is 0 Å². The van der Waals surface area contributed by atoms with Gasteiger partial charge in [-0.05, 0) is 25.8 Å². The molecule has 0 radical (unpaired) electrons. The molecule has 1 aliphatic rings. The molecular formula is C12H20N4O3S. The Kier molecular flexibility index (Phi) is 4.92. The average molecular weight is 300 g/mol. The average Bonchev–Trinajstić information content (AvgIpc) is 2.48. The molecule has 3 N–H and O–H groups in total. The summed E-state index contributed by atoms with van der Waals surface area (Å²) < 4.78 is 32.2. The van der Waals surface area contributed by atoms with Gasteiger partial charge in [-0.3, -0.25) is 0 Å². The molecule has 1 saturated heterocycles. The van der Waals surface area contributed by atoms with Gasteiger partial charge in [0.05, 0.1) is 11.0 Å². The Hall–Kier alpha value is -1.22. The van der Waals surface area contributed by atoms with E-state index in [2.05, 4.69) is 10.4 Å². The number of nitrogens with two attached hydrogens (primary N) is 1. The molecule has 1 aromatic heterocycles. The number of ether oxygens (including phenoxy) is 1. The fraction of sp³-hybridized carbons (Fsp3) is 0.583. The van der Waals surface area contributed by atoms with Crippen LogP contribution in [-0.4, -0.2) is 43.5 Å². The van der Waals surface area contributed by atoms with Crippen molar-refractivity contribution in [3.63, 3.8) is 0 Å². The van der Waals surface area contributed by atoms with E-state index in [9.17, 15) is 8.42 Å². The maximum absolute atomic E-state index is 12.6. The molecule has 0 bridgehead atoms. The van der Waals surface area contributed by atoms with Crippen LogP contribution in [-0.2, 0) is 14.8 Å². The lowest BCUT2D eigenvalue weighted by Crippen LogP contribution is -2.43. The molecule has 2 rings (SSSR count). The highest BCUT2D eigenvalue weighted by atomic mass is 32.2. The molecule has 0 amide bonds. The van der Waals surface area contributed by atoms with Crippen LogP contribution in [0.15, 0.2) is 23.2 Å². The Labute approximate surface area is 119 Å². The predicted molar refractivity (Wildman–Crippen MR) is 75.5 cm³/mol. The van der Waals surface area contributed by atoms with Gasteiger partial charge in [-0.1, -0.05) is 0 Å². The lowest BCUT2D eigenvalue weighted by molar-refractivity contribution is 0.0265. The summed E-state index contributed by atoms with van der Waals surface area (Å²) in [5.74, 6) is 5.58. The first-order chi connectivity index (χ1) is 9.57. The van der Waals surface area contributed by atoms with Crippen LogP contribution in [0.4, 0.5) is 5.82 Å². The quantitative estimate of drug-likeness (QED) is 0.609. The van der Waals surface area contributed by atoms with Crippen LogP contribution >= 0.6 is 0 Å². The fourth-order valence-corrected chi connectivity index (χ4v) is 3.82. The van der Waals surface area contributed by atoms with Crippen molar-refractivity contribution in [1.29, 1.82) is 0 Å². The van der Waals surface area contributed by atoms with E-state index in [0.717, 1.165) is 12.8 Å². The van der Waals surface area contributed by atoms with E-state index in [-0.39, 0.29) is 11.0 Å². The summed E-state index contributed by atoms with van der Waals surface area (Å²) in [6, 6.07) is 2.90. The van der Waals surface area contributed by atoms with E-state index in [1.54, 1.807) is 0 Å². The second kappa shape index (κ2) is 6.49. The van der Waals surface area contributed by atoms with Crippen LogP contribution in [0.2, 0.25) is 0 Å². The molecular weight excluding hydrogens is 280 g/mol. The number of aromatic nitrogens is 1. The molecule has 112 valence electrons. The molecule has 1 aromatic rings. The number of anilines is 1. The minimum Gasteiger partial charge on any atom is -0.377 e. The number of hydrogen-bond donors (Lipinski definition) is 2. The third-order valence-corrected chi connectivity index (χ3v) is 5.12. The highest BCUT2D eigenvalue weighted by molar-refractivity contribution is 7.89. The van der Waals surface area contributed by atoms with Gasteiger partial charge in [0.25, 0.3) is 0 Å². The number of pyridine rings is 1. The molecule has 0 aromatic carbocycles. The van der Waals surface area contributed by atoms with Crippen molar-refractivity contribution in [2.45, 2.75) is 30.8 Å². The van der Waals surface area contributed by atoms with Gasteiger partial charge in [0.15, 0.2) is 0 Å². The Morgan fingerprint density at radius 1 is 1.60 bits per heavy atom. The summed E-state index contributed by atoms with van der Waals surface area (Å²) in [6.45, 7) is 3.41. The van der Waals surface area contributed by atoms with Crippen molar-refractivity contribution < 1.29 is 13.2 Å². The summed E-state index contributed by atoms with van der Waals surface area (Å²) >= 11 is 0. The first kappa shape index (κ1) is 15.2. The van der Waals surface area contributed by atoms with Gasteiger partial charge in [-0.2, -0.15) is 4.31 Å². The first-order valence-corrected chi connectivity index (χ1v) is 8.06. The number of hydrazine groups is 1. The third-order valence-electron chi connectivity index (χ3n) is 3.26. The van der Waals surface area contributed by atoms with Crippen LogP contribution in [0, 0.1) is 0 Å². The monoisotopic (exact) mass is 300 g/mol. The molecule has 8 heteroatoms.